The number of fused-ring (bicyclic) bond motifs is 1. The number of hydrogen-bond acceptors (Lipinski definition) is 6. The summed E-state index contributed by atoms with van der Waals surface area (Å²) in [7, 11) is 0. The molecule has 6 nitrogen and oxygen atoms in total. The summed E-state index contributed by atoms with van der Waals surface area (Å²) in [6.07, 6.45) is 0.302. The molecular weight excluding hydrogens is 424 g/mol. The van der Waals surface area contributed by atoms with Crippen LogP contribution >= 0.6 is 11.3 Å². The van der Waals surface area contributed by atoms with Crippen molar-refractivity contribution in [3.05, 3.63) is 82.0 Å². The number of aromatic nitrogens is 2. The van der Waals surface area contributed by atoms with E-state index in [1.165, 1.54) is 4.68 Å². The highest BCUT2D eigenvalue weighted by Crippen LogP contribution is 2.28. The van der Waals surface area contributed by atoms with Gasteiger partial charge in [0, 0.05) is 11.8 Å². The zero-order chi connectivity index (χ0) is 22.5. The lowest BCUT2D eigenvalue weighted by Crippen LogP contribution is -2.32. The number of ketones is 1. The van der Waals surface area contributed by atoms with Crippen LogP contribution in [0, 0.1) is 0 Å². The van der Waals surface area contributed by atoms with Gasteiger partial charge in [0.1, 0.15) is 29.9 Å². The Morgan fingerprint density at radius 2 is 1.84 bits per heavy atom. The predicted octanol–water partition coefficient (Wildman–Crippen LogP) is 4.09. The monoisotopic (exact) mass is 448 g/mol. The molecule has 0 saturated carbocycles. The quantitative estimate of drug-likeness (QED) is 0.417. The number of rotatable bonds is 9. The molecule has 0 amide bonds. The van der Waals surface area contributed by atoms with E-state index >= 15 is 0 Å². The summed E-state index contributed by atoms with van der Waals surface area (Å²) in [5, 5.41) is 18.4. The molecule has 1 N–H and O–H groups in total. The second-order valence-electron chi connectivity index (χ2n) is 7.67. The maximum Gasteiger partial charge on any atom is 0.274 e. The third-order valence-corrected chi connectivity index (χ3v) is 6.01. The van der Waals surface area contributed by atoms with Crippen molar-refractivity contribution in [2.75, 3.05) is 6.61 Å². The van der Waals surface area contributed by atoms with Gasteiger partial charge < -0.3 is 14.6 Å². The van der Waals surface area contributed by atoms with Crippen LogP contribution in [0.1, 0.15) is 18.9 Å². The van der Waals surface area contributed by atoms with Crippen molar-refractivity contribution in [3.63, 3.8) is 0 Å². The zero-order valence-corrected chi connectivity index (χ0v) is 18.5. The summed E-state index contributed by atoms with van der Waals surface area (Å²) in [4.78, 5) is 25.0. The minimum absolute atomic E-state index is 0.0265. The molecule has 1 atom stereocenters. The van der Waals surface area contributed by atoms with Crippen LogP contribution in [-0.2, 0) is 17.8 Å². The van der Waals surface area contributed by atoms with Crippen molar-refractivity contribution >= 4 is 27.9 Å². The minimum atomic E-state index is -0.907. The molecule has 0 spiro atoms. The van der Waals surface area contributed by atoms with Crippen molar-refractivity contribution in [1.82, 2.24) is 9.78 Å². The van der Waals surface area contributed by atoms with Crippen molar-refractivity contribution in [3.8, 4) is 16.3 Å². The van der Waals surface area contributed by atoms with Gasteiger partial charge in [-0.25, -0.2) is 4.68 Å². The van der Waals surface area contributed by atoms with Crippen molar-refractivity contribution in [2.45, 2.75) is 32.4 Å². The fourth-order valence-corrected chi connectivity index (χ4v) is 4.19. The average molecular weight is 449 g/mol. The molecule has 4 aromatic rings. The molecule has 2 heterocycles. The molecule has 0 aliphatic heterocycles. The van der Waals surface area contributed by atoms with Gasteiger partial charge in [-0.2, -0.15) is 5.10 Å². The minimum Gasteiger partial charge on any atom is -0.491 e. The van der Waals surface area contributed by atoms with Gasteiger partial charge in [0.25, 0.3) is 5.56 Å². The smallest absolute Gasteiger partial charge is 0.274 e. The Morgan fingerprint density at radius 1 is 1.09 bits per heavy atom. The number of benzene rings is 2. The van der Waals surface area contributed by atoms with Crippen LogP contribution in [0.2, 0.25) is 0 Å². The Hall–Kier alpha value is -3.29. The molecular formula is C25H24N2O4S. The van der Waals surface area contributed by atoms with E-state index in [-0.39, 0.29) is 24.5 Å². The first-order valence-corrected chi connectivity index (χ1v) is 11.3. The third-order valence-electron chi connectivity index (χ3n) is 5.14. The van der Waals surface area contributed by atoms with Gasteiger partial charge in [0.15, 0.2) is 0 Å². The van der Waals surface area contributed by atoms with E-state index in [0.717, 1.165) is 21.5 Å². The molecule has 32 heavy (non-hydrogen) atoms. The number of aliphatic hydroxyl groups excluding tert-OH is 1. The van der Waals surface area contributed by atoms with Crippen LogP contribution in [-0.4, -0.2) is 33.4 Å². The average Bonchev–Trinajstić information content (AvgIpc) is 3.33. The second kappa shape index (κ2) is 9.89. The summed E-state index contributed by atoms with van der Waals surface area (Å²) in [5.41, 5.74) is 1.54. The standard InChI is InChI=1S/C25H24N2O4S/c1-17(28)8-9-18-10-12-20(13-11-18)31-16-19(29)15-27-25(30)22-6-3-2-5-21(22)24(26-27)23-7-4-14-32-23/h2-7,10-14,19,29H,8-9,15-16H2,1H3. The van der Waals surface area contributed by atoms with Gasteiger partial charge in [-0.3, -0.25) is 4.79 Å². The largest absolute Gasteiger partial charge is 0.491 e. The number of carbonyl (C=O) groups excluding carboxylic acids is 1. The molecule has 2 aromatic carbocycles. The molecule has 0 bridgehead atoms. The SMILES string of the molecule is CC(=O)CCc1ccc(OCC(O)Cn2nc(-c3cccs3)c3ccccc3c2=O)cc1. The van der Waals surface area contributed by atoms with Crippen LogP contribution in [0.15, 0.2) is 70.8 Å². The summed E-state index contributed by atoms with van der Waals surface area (Å²) in [5.74, 6) is 0.780. The summed E-state index contributed by atoms with van der Waals surface area (Å²) in [6, 6.07) is 18.8. The number of ether oxygens (including phenoxy) is 1. The van der Waals surface area contributed by atoms with Crippen LogP contribution < -0.4 is 10.3 Å². The third kappa shape index (κ3) is 5.12. The van der Waals surface area contributed by atoms with Gasteiger partial charge in [-0.1, -0.05) is 36.4 Å². The number of Topliss-reactive ketones (excluding diaryl/α,β-unsaturated/α-hetero) is 1. The highest BCUT2D eigenvalue weighted by atomic mass is 32.1. The van der Waals surface area contributed by atoms with E-state index in [9.17, 15) is 14.7 Å². The Bertz CT molecular complexity index is 1260. The summed E-state index contributed by atoms with van der Waals surface area (Å²) in [6.45, 7) is 1.64. The van der Waals surface area contributed by atoms with Gasteiger partial charge in [0.2, 0.25) is 0 Å². The van der Waals surface area contributed by atoms with Crippen molar-refractivity contribution in [2.24, 2.45) is 0 Å². The van der Waals surface area contributed by atoms with E-state index in [1.807, 2.05) is 60.0 Å². The Balaban J connectivity index is 1.47. The molecule has 164 valence electrons. The molecule has 0 saturated heterocycles. The molecule has 1 unspecified atom stereocenters. The van der Waals surface area contributed by atoms with Crippen molar-refractivity contribution in [1.29, 1.82) is 0 Å². The number of hydrogen-bond donors (Lipinski definition) is 1. The van der Waals surface area contributed by atoms with Crippen LogP contribution in [0.25, 0.3) is 21.3 Å². The van der Waals surface area contributed by atoms with Gasteiger partial charge in [-0.05, 0) is 48.6 Å². The maximum absolute atomic E-state index is 12.9. The molecule has 4 rings (SSSR count). The number of aliphatic hydroxyl groups is 1. The molecule has 7 heteroatoms. The van der Waals surface area contributed by atoms with Gasteiger partial charge in [-0.15, -0.1) is 11.3 Å². The Morgan fingerprint density at radius 3 is 2.53 bits per heavy atom. The first-order chi connectivity index (χ1) is 15.5. The van der Waals surface area contributed by atoms with Gasteiger partial charge >= 0.3 is 0 Å². The first kappa shape index (κ1) is 21.9. The second-order valence-corrected chi connectivity index (χ2v) is 8.62. The molecule has 2 aromatic heterocycles. The summed E-state index contributed by atoms with van der Waals surface area (Å²) >= 11 is 1.55. The van der Waals surface area contributed by atoms with Crippen LogP contribution in [0.4, 0.5) is 0 Å². The Kier molecular flexibility index (Phi) is 6.78. The predicted molar refractivity (Wildman–Crippen MR) is 126 cm³/mol. The van der Waals surface area contributed by atoms with E-state index in [1.54, 1.807) is 24.3 Å². The van der Waals surface area contributed by atoms with Crippen LogP contribution in [0.5, 0.6) is 5.75 Å². The maximum atomic E-state index is 12.9. The fraction of sp³-hybridized carbons (Fsp3) is 0.240. The van der Waals surface area contributed by atoms with E-state index in [2.05, 4.69) is 5.10 Å². The number of carbonyl (C=O) groups is 1. The molecule has 0 fully saturated rings. The van der Waals surface area contributed by atoms with Crippen molar-refractivity contribution < 1.29 is 14.6 Å². The van der Waals surface area contributed by atoms with Crippen LogP contribution in [0.3, 0.4) is 0 Å². The zero-order valence-electron chi connectivity index (χ0n) is 17.7. The number of thiophene rings is 1. The summed E-state index contributed by atoms with van der Waals surface area (Å²) < 4.78 is 7.01. The molecule has 0 aliphatic rings. The molecule has 0 radical (unpaired) electrons. The highest BCUT2D eigenvalue weighted by molar-refractivity contribution is 7.13. The van der Waals surface area contributed by atoms with Gasteiger partial charge in [0.05, 0.1) is 16.8 Å². The number of nitrogens with zero attached hydrogens (tertiary/aromatic N) is 2. The highest BCUT2D eigenvalue weighted by Gasteiger charge is 2.15. The van der Waals surface area contributed by atoms with E-state index < -0.39 is 6.10 Å². The molecule has 0 aliphatic carbocycles. The van der Waals surface area contributed by atoms with E-state index in [4.69, 9.17) is 4.74 Å². The first-order valence-electron chi connectivity index (χ1n) is 10.4. The lowest BCUT2D eigenvalue weighted by atomic mass is 10.1. The Labute approximate surface area is 189 Å². The topological polar surface area (TPSA) is 81.4 Å². The lowest BCUT2D eigenvalue weighted by molar-refractivity contribution is -0.116. The van der Waals surface area contributed by atoms with E-state index in [0.29, 0.717) is 24.0 Å². The number of aryl methyl sites for hydroxylation is 1. The fourth-order valence-electron chi connectivity index (χ4n) is 3.47. The normalized spacial score (nSPS) is 12.1. The lowest BCUT2D eigenvalue weighted by Gasteiger charge is -2.15.